The summed E-state index contributed by atoms with van der Waals surface area (Å²) >= 11 is 6.16. The second-order valence-corrected chi connectivity index (χ2v) is 6.75. The summed E-state index contributed by atoms with van der Waals surface area (Å²) in [6.45, 7) is 1.95. The summed E-state index contributed by atoms with van der Waals surface area (Å²) in [5, 5.41) is 9.37. The number of carboxylic acid groups (broad SMARTS) is 1. The SMILES string of the molecule is CCCCC(C(=O)O)N1C(=O)C(=Cc2ccccc2F)SC1=S. The topological polar surface area (TPSA) is 57.6 Å². The van der Waals surface area contributed by atoms with E-state index in [1.807, 2.05) is 6.92 Å². The molecule has 1 saturated heterocycles. The third kappa shape index (κ3) is 3.97. The largest absolute Gasteiger partial charge is 0.480 e. The van der Waals surface area contributed by atoms with Crippen LogP contribution < -0.4 is 0 Å². The van der Waals surface area contributed by atoms with Gasteiger partial charge in [0, 0.05) is 5.56 Å². The van der Waals surface area contributed by atoms with Crippen molar-refractivity contribution in [1.82, 2.24) is 4.90 Å². The van der Waals surface area contributed by atoms with E-state index >= 15 is 0 Å². The number of unbranched alkanes of at least 4 members (excludes halogenated alkanes) is 1. The molecule has 0 aromatic heterocycles. The first-order valence-electron chi connectivity index (χ1n) is 7.20. The van der Waals surface area contributed by atoms with Crippen molar-refractivity contribution in [3.05, 3.63) is 40.6 Å². The number of carboxylic acids is 1. The van der Waals surface area contributed by atoms with Gasteiger partial charge in [-0.15, -0.1) is 0 Å². The Hall–Kier alpha value is -1.73. The number of benzene rings is 1. The summed E-state index contributed by atoms with van der Waals surface area (Å²) in [6.07, 6.45) is 3.25. The summed E-state index contributed by atoms with van der Waals surface area (Å²) in [5.74, 6) is -2.01. The van der Waals surface area contributed by atoms with Crippen LogP contribution in [0.25, 0.3) is 6.08 Å². The number of amides is 1. The van der Waals surface area contributed by atoms with Gasteiger partial charge in [0.25, 0.3) is 5.91 Å². The first-order valence-corrected chi connectivity index (χ1v) is 8.42. The van der Waals surface area contributed by atoms with Crippen molar-refractivity contribution < 1.29 is 19.1 Å². The Bertz CT molecular complexity index is 675. The number of thioether (sulfide) groups is 1. The van der Waals surface area contributed by atoms with Gasteiger partial charge in [0.2, 0.25) is 0 Å². The monoisotopic (exact) mass is 353 g/mol. The Morgan fingerprint density at radius 1 is 1.48 bits per heavy atom. The van der Waals surface area contributed by atoms with Crippen molar-refractivity contribution in [2.75, 3.05) is 0 Å². The van der Waals surface area contributed by atoms with Gasteiger partial charge in [-0.2, -0.15) is 0 Å². The fourth-order valence-electron chi connectivity index (χ4n) is 2.24. The van der Waals surface area contributed by atoms with Crippen molar-refractivity contribution >= 4 is 46.3 Å². The van der Waals surface area contributed by atoms with Crippen LogP contribution in [0.15, 0.2) is 29.2 Å². The van der Waals surface area contributed by atoms with E-state index in [9.17, 15) is 19.1 Å². The van der Waals surface area contributed by atoms with Crippen LogP contribution in [0.1, 0.15) is 31.7 Å². The molecule has 0 bridgehead atoms. The molecule has 1 aromatic carbocycles. The number of carbonyl (C=O) groups is 2. The summed E-state index contributed by atoms with van der Waals surface area (Å²) < 4.78 is 13.9. The van der Waals surface area contributed by atoms with Gasteiger partial charge in [0.05, 0.1) is 4.91 Å². The van der Waals surface area contributed by atoms with E-state index < -0.39 is 23.7 Å². The predicted molar refractivity (Wildman–Crippen MR) is 92.4 cm³/mol. The highest BCUT2D eigenvalue weighted by Gasteiger charge is 2.40. The molecule has 0 spiro atoms. The molecular weight excluding hydrogens is 337 g/mol. The zero-order valence-electron chi connectivity index (χ0n) is 12.5. The van der Waals surface area contributed by atoms with Gasteiger partial charge in [0.1, 0.15) is 16.2 Å². The molecule has 0 aliphatic carbocycles. The summed E-state index contributed by atoms with van der Waals surface area (Å²) in [7, 11) is 0. The molecule has 1 heterocycles. The molecular formula is C16H16FNO3S2. The van der Waals surface area contributed by atoms with E-state index in [4.69, 9.17) is 12.2 Å². The molecule has 23 heavy (non-hydrogen) atoms. The number of hydrogen-bond acceptors (Lipinski definition) is 4. The molecule has 122 valence electrons. The maximum absolute atomic E-state index is 13.7. The highest BCUT2D eigenvalue weighted by atomic mass is 32.2. The van der Waals surface area contributed by atoms with Gasteiger partial charge >= 0.3 is 5.97 Å². The van der Waals surface area contributed by atoms with Crippen molar-refractivity contribution in [3.63, 3.8) is 0 Å². The minimum Gasteiger partial charge on any atom is -0.480 e. The molecule has 0 radical (unpaired) electrons. The van der Waals surface area contributed by atoms with E-state index in [0.29, 0.717) is 12.8 Å². The van der Waals surface area contributed by atoms with Crippen molar-refractivity contribution in [3.8, 4) is 0 Å². The van der Waals surface area contributed by atoms with Gasteiger partial charge < -0.3 is 5.11 Å². The van der Waals surface area contributed by atoms with Crippen molar-refractivity contribution in [1.29, 1.82) is 0 Å². The van der Waals surface area contributed by atoms with Crippen LogP contribution in [0.3, 0.4) is 0 Å². The van der Waals surface area contributed by atoms with Crippen molar-refractivity contribution in [2.45, 2.75) is 32.2 Å². The second kappa shape index (κ2) is 7.70. The second-order valence-electron chi connectivity index (χ2n) is 5.07. The van der Waals surface area contributed by atoms with Crippen LogP contribution in [-0.4, -0.2) is 32.2 Å². The molecule has 1 atom stereocenters. The molecule has 1 fully saturated rings. The van der Waals surface area contributed by atoms with Crippen LogP contribution >= 0.6 is 24.0 Å². The number of aliphatic carboxylic acids is 1. The maximum Gasteiger partial charge on any atom is 0.326 e. The van der Waals surface area contributed by atoms with Crippen LogP contribution in [0.4, 0.5) is 4.39 Å². The normalized spacial score (nSPS) is 17.8. The van der Waals surface area contributed by atoms with Crippen LogP contribution in [-0.2, 0) is 9.59 Å². The first-order chi connectivity index (χ1) is 11.0. The third-order valence-corrected chi connectivity index (χ3v) is 4.77. The lowest BCUT2D eigenvalue weighted by molar-refractivity contribution is -0.145. The van der Waals surface area contributed by atoms with Crippen molar-refractivity contribution in [2.24, 2.45) is 0 Å². The molecule has 0 saturated carbocycles. The fraction of sp³-hybridized carbons (Fsp3) is 0.312. The lowest BCUT2D eigenvalue weighted by Gasteiger charge is -2.22. The van der Waals surface area contributed by atoms with E-state index in [1.165, 1.54) is 12.1 Å². The van der Waals surface area contributed by atoms with Crippen LogP contribution in [0.5, 0.6) is 0 Å². The summed E-state index contributed by atoms with van der Waals surface area (Å²) in [6, 6.07) is 5.09. The van der Waals surface area contributed by atoms with E-state index in [-0.39, 0.29) is 14.8 Å². The van der Waals surface area contributed by atoms with E-state index in [0.717, 1.165) is 23.1 Å². The predicted octanol–water partition coefficient (Wildman–Crippen LogP) is 3.67. The minimum atomic E-state index is -1.08. The highest BCUT2D eigenvalue weighted by Crippen LogP contribution is 2.35. The van der Waals surface area contributed by atoms with Crippen LogP contribution in [0, 0.1) is 5.82 Å². The first kappa shape index (κ1) is 17.6. The quantitative estimate of drug-likeness (QED) is 0.625. The smallest absolute Gasteiger partial charge is 0.326 e. The van der Waals surface area contributed by atoms with Gasteiger partial charge in [-0.1, -0.05) is 61.9 Å². The molecule has 1 aliphatic rings. The van der Waals surface area contributed by atoms with Crippen LogP contribution in [0.2, 0.25) is 0 Å². The van der Waals surface area contributed by atoms with E-state index in [2.05, 4.69) is 0 Å². The van der Waals surface area contributed by atoms with Gasteiger partial charge in [-0.3, -0.25) is 9.69 Å². The fourth-order valence-corrected chi connectivity index (χ4v) is 3.59. The van der Waals surface area contributed by atoms with Gasteiger partial charge in [-0.25, -0.2) is 9.18 Å². The molecule has 2 rings (SSSR count). The van der Waals surface area contributed by atoms with E-state index in [1.54, 1.807) is 18.2 Å². The Balaban J connectivity index is 2.29. The number of rotatable bonds is 6. The molecule has 1 amide bonds. The zero-order valence-corrected chi connectivity index (χ0v) is 14.1. The lowest BCUT2D eigenvalue weighted by Crippen LogP contribution is -2.43. The Morgan fingerprint density at radius 2 is 2.17 bits per heavy atom. The number of thiocarbonyl (C=S) groups is 1. The number of nitrogens with zero attached hydrogens (tertiary/aromatic N) is 1. The average molecular weight is 353 g/mol. The molecule has 1 N–H and O–H groups in total. The lowest BCUT2D eigenvalue weighted by atomic mass is 10.1. The molecule has 1 aromatic rings. The summed E-state index contributed by atoms with van der Waals surface area (Å²) in [5.41, 5.74) is 0.272. The number of hydrogen-bond donors (Lipinski definition) is 1. The molecule has 4 nitrogen and oxygen atoms in total. The third-order valence-electron chi connectivity index (χ3n) is 3.44. The molecule has 1 unspecified atom stereocenters. The standard InChI is InChI=1S/C16H16FNO3S2/c1-2-3-8-12(15(20)21)18-14(19)13(23-16(18)22)9-10-6-4-5-7-11(10)17/h4-7,9,12H,2-3,8H2,1H3,(H,20,21). The molecule has 7 heteroatoms. The van der Waals surface area contributed by atoms with Gasteiger partial charge in [0.15, 0.2) is 0 Å². The molecule has 1 aliphatic heterocycles. The Morgan fingerprint density at radius 3 is 2.78 bits per heavy atom. The van der Waals surface area contributed by atoms with Gasteiger partial charge in [-0.05, 0) is 18.6 Å². The maximum atomic E-state index is 13.7. The number of carbonyl (C=O) groups excluding carboxylic acids is 1. The summed E-state index contributed by atoms with van der Waals surface area (Å²) in [4.78, 5) is 25.3. The Labute approximate surface area is 143 Å². The number of halogens is 1. The Kier molecular flexibility index (Phi) is 5.90. The zero-order chi connectivity index (χ0) is 17.0. The average Bonchev–Trinajstić information content (AvgIpc) is 2.77. The minimum absolute atomic E-state index is 0.195. The highest BCUT2D eigenvalue weighted by molar-refractivity contribution is 8.26.